The average molecular weight is 384 g/mol. The zero-order valence-electron chi connectivity index (χ0n) is 13.9. The number of aryl methyl sites for hydroxylation is 1. The van der Waals surface area contributed by atoms with Gasteiger partial charge in [-0.1, -0.05) is 15.9 Å². The Bertz CT molecular complexity index is 527. The molecule has 1 aliphatic heterocycles. The summed E-state index contributed by atoms with van der Waals surface area (Å²) in [6.07, 6.45) is 4.58. The highest BCUT2D eigenvalue weighted by Gasteiger charge is 2.21. The van der Waals surface area contributed by atoms with Crippen LogP contribution < -0.4 is 4.74 Å². The fourth-order valence-electron chi connectivity index (χ4n) is 3.08. The molecule has 0 radical (unpaired) electrons. The van der Waals surface area contributed by atoms with Gasteiger partial charge in [-0.15, -0.1) is 0 Å². The van der Waals surface area contributed by atoms with E-state index in [1.54, 1.807) is 0 Å². The van der Waals surface area contributed by atoms with Crippen LogP contribution in [-0.2, 0) is 4.79 Å². The maximum absolute atomic E-state index is 10.7. The summed E-state index contributed by atoms with van der Waals surface area (Å²) in [6, 6.07) is 6.08. The predicted molar refractivity (Wildman–Crippen MR) is 95.0 cm³/mol. The summed E-state index contributed by atoms with van der Waals surface area (Å²) in [5.74, 6) is 0.891. The second kappa shape index (κ2) is 8.69. The number of carboxylic acids is 1. The van der Waals surface area contributed by atoms with Crippen LogP contribution in [0.5, 0.6) is 5.75 Å². The van der Waals surface area contributed by atoms with Crippen molar-refractivity contribution in [3.8, 4) is 5.75 Å². The monoisotopic (exact) mass is 383 g/mol. The van der Waals surface area contributed by atoms with Crippen LogP contribution >= 0.6 is 15.9 Å². The summed E-state index contributed by atoms with van der Waals surface area (Å²) >= 11 is 3.50. The number of hydrogen-bond acceptors (Lipinski definition) is 3. The quantitative estimate of drug-likeness (QED) is 0.769. The van der Waals surface area contributed by atoms with Crippen molar-refractivity contribution in [3.05, 3.63) is 28.2 Å². The van der Waals surface area contributed by atoms with Crippen LogP contribution in [0.3, 0.4) is 0 Å². The highest BCUT2D eigenvalue weighted by atomic mass is 79.9. The molecule has 1 saturated heterocycles. The van der Waals surface area contributed by atoms with E-state index in [0.717, 1.165) is 49.0 Å². The van der Waals surface area contributed by atoms with Crippen LogP contribution in [0, 0.1) is 12.8 Å². The van der Waals surface area contributed by atoms with Crippen LogP contribution in [0.2, 0.25) is 0 Å². The zero-order chi connectivity index (χ0) is 16.8. The molecule has 1 heterocycles. The third-order valence-corrected chi connectivity index (χ3v) is 5.40. The third-order valence-electron chi connectivity index (χ3n) is 4.51. The van der Waals surface area contributed by atoms with Gasteiger partial charge in [0.1, 0.15) is 5.75 Å². The number of nitrogens with zero attached hydrogens (tertiary/aromatic N) is 1. The van der Waals surface area contributed by atoms with Crippen molar-refractivity contribution in [2.75, 3.05) is 19.6 Å². The van der Waals surface area contributed by atoms with Crippen molar-refractivity contribution in [1.29, 1.82) is 0 Å². The Kier molecular flexibility index (Phi) is 6.90. The van der Waals surface area contributed by atoms with Gasteiger partial charge < -0.3 is 9.84 Å². The first-order valence-electron chi connectivity index (χ1n) is 8.31. The van der Waals surface area contributed by atoms with E-state index >= 15 is 0 Å². The number of piperidine rings is 1. The number of carboxylic acid groups (broad SMARTS) is 1. The third kappa shape index (κ3) is 6.15. The Balaban J connectivity index is 1.69. The summed E-state index contributed by atoms with van der Waals surface area (Å²) in [4.78, 5) is 12.8. The van der Waals surface area contributed by atoms with E-state index in [2.05, 4.69) is 35.8 Å². The van der Waals surface area contributed by atoms with Crippen LogP contribution in [-0.4, -0.2) is 41.7 Å². The van der Waals surface area contributed by atoms with E-state index in [1.165, 1.54) is 5.56 Å². The molecule has 0 saturated carbocycles. The first-order valence-corrected chi connectivity index (χ1v) is 9.10. The summed E-state index contributed by atoms with van der Waals surface area (Å²) in [6.45, 7) is 6.16. The molecule has 5 heteroatoms. The number of halogens is 1. The zero-order valence-corrected chi connectivity index (χ0v) is 15.5. The second-order valence-electron chi connectivity index (χ2n) is 6.53. The molecule has 0 bridgehead atoms. The van der Waals surface area contributed by atoms with Gasteiger partial charge in [0.2, 0.25) is 0 Å². The van der Waals surface area contributed by atoms with Gasteiger partial charge >= 0.3 is 5.97 Å². The van der Waals surface area contributed by atoms with Gasteiger partial charge in [0.15, 0.2) is 0 Å². The molecule has 23 heavy (non-hydrogen) atoms. The standard InChI is InChI=1S/C18H26BrNO3/c1-13-11-16(5-6-17(13)19)23-14(2)3-4-15-7-9-20(10-8-15)12-18(21)22/h5-6,11,14-15H,3-4,7-10,12H2,1-2H3,(H,21,22)/t14-/m1/s1. The van der Waals surface area contributed by atoms with Gasteiger partial charge in [0.05, 0.1) is 12.6 Å². The first-order chi connectivity index (χ1) is 10.9. The fourth-order valence-corrected chi connectivity index (χ4v) is 3.32. The largest absolute Gasteiger partial charge is 0.491 e. The topological polar surface area (TPSA) is 49.8 Å². The molecule has 1 N–H and O–H groups in total. The maximum Gasteiger partial charge on any atom is 0.317 e. The number of benzene rings is 1. The second-order valence-corrected chi connectivity index (χ2v) is 7.38. The minimum absolute atomic E-state index is 0.176. The first kappa shape index (κ1) is 18.3. The van der Waals surface area contributed by atoms with E-state index in [-0.39, 0.29) is 12.6 Å². The summed E-state index contributed by atoms with van der Waals surface area (Å²) in [7, 11) is 0. The number of carbonyl (C=O) groups is 1. The van der Waals surface area contributed by atoms with Gasteiger partial charge in [-0.25, -0.2) is 0 Å². The predicted octanol–water partition coefficient (Wildman–Crippen LogP) is 4.10. The molecule has 2 rings (SSSR count). The molecular formula is C18H26BrNO3. The van der Waals surface area contributed by atoms with E-state index in [1.807, 2.05) is 17.0 Å². The van der Waals surface area contributed by atoms with Gasteiger partial charge in [-0.2, -0.15) is 0 Å². The minimum atomic E-state index is -0.727. The molecule has 0 aromatic heterocycles. The minimum Gasteiger partial charge on any atom is -0.491 e. The van der Waals surface area contributed by atoms with Crippen LogP contribution in [0.1, 0.15) is 38.2 Å². The number of aliphatic carboxylic acids is 1. The Morgan fingerprint density at radius 3 is 2.74 bits per heavy atom. The molecular weight excluding hydrogens is 358 g/mol. The number of likely N-dealkylation sites (tertiary alicyclic amines) is 1. The maximum atomic E-state index is 10.7. The van der Waals surface area contributed by atoms with Crippen LogP contribution in [0.25, 0.3) is 0 Å². The Morgan fingerprint density at radius 2 is 2.13 bits per heavy atom. The highest BCUT2D eigenvalue weighted by Crippen LogP contribution is 2.25. The van der Waals surface area contributed by atoms with Crippen LogP contribution in [0.4, 0.5) is 0 Å². The van der Waals surface area contributed by atoms with E-state index in [0.29, 0.717) is 5.92 Å². The molecule has 0 unspecified atom stereocenters. The molecule has 4 nitrogen and oxygen atoms in total. The van der Waals surface area contributed by atoms with E-state index in [4.69, 9.17) is 9.84 Å². The molecule has 128 valence electrons. The number of ether oxygens (including phenoxy) is 1. The Morgan fingerprint density at radius 1 is 1.43 bits per heavy atom. The smallest absolute Gasteiger partial charge is 0.317 e. The normalized spacial score (nSPS) is 17.9. The van der Waals surface area contributed by atoms with E-state index in [9.17, 15) is 4.79 Å². The summed E-state index contributed by atoms with van der Waals surface area (Å²) in [5, 5.41) is 8.82. The molecule has 1 aromatic rings. The molecule has 0 amide bonds. The van der Waals surface area contributed by atoms with Crippen molar-refractivity contribution in [3.63, 3.8) is 0 Å². The van der Waals surface area contributed by atoms with Gasteiger partial charge in [-0.05, 0) is 82.3 Å². The SMILES string of the molecule is Cc1cc(O[C@H](C)CCC2CCN(CC(=O)O)CC2)ccc1Br. The van der Waals surface area contributed by atoms with Crippen molar-refractivity contribution < 1.29 is 14.6 Å². The number of rotatable bonds is 7. The average Bonchev–Trinajstić information content (AvgIpc) is 2.50. The van der Waals surface area contributed by atoms with E-state index < -0.39 is 5.97 Å². The Labute approximate surface area is 147 Å². The Hall–Kier alpha value is -1.07. The lowest BCUT2D eigenvalue weighted by molar-refractivity contribution is -0.138. The lowest BCUT2D eigenvalue weighted by atomic mass is 9.91. The molecule has 1 aromatic carbocycles. The molecule has 1 fully saturated rings. The molecule has 1 atom stereocenters. The van der Waals surface area contributed by atoms with Crippen molar-refractivity contribution >= 4 is 21.9 Å². The lowest BCUT2D eigenvalue weighted by Gasteiger charge is -2.31. The van der Waals surface area contributed by atoms with Gasteiger partial charge in [-0.3, -0.25) is 9.69 Å². The van der Waals surface area contributed by atoms with Gasteiger partial charge in [0.25, 0.3) is 0 Å². The van der Waals surface area contributed by atoms with Crippen molar-refractivity contribution in [2.45, 2.75) is 45.6 Å². The summed E-state index contributed by atoms with van der Waals surface area (Å²) < 4.78 is 7.11. The lowest BCUT2D eigenvalue weighted by Crippen LogP contribution is -2.37. The summed E-state index contributed by atoms with van der Waals surface area (Å²) in [5.41, 5.74) is 1.18. The van der Waals surface area contributed by atoms with Gasteiger partial charge in [0, 0.05) is 4.47 Å². The molecule has 0 spiro atoms. The fraction of sp³-hybridized carbons (Fsp3) is 0.611. The van der Waals surface area contributed by atoms with Crippen molar-refractivity contribution in [1.82, 2.24) is 4.90 Å². The van der Waals surface area contributed by atoms with Crippen molar-refractivity contribution in [2.24, 2.45) is 5.92 Å². The highest BCUT2D eigenvalue weighted by molar-refractivity contribution is 9.10. The molecule has 1 aliphatic rings. The number of hydrogen-bond donors (Lipinski definition) is 1. The molecule has 0 aliphatic carbocycles. The van der Waals surface area contributed by atoms with Crippen LogP contribution in [0.15, 0.2) is 22.7 Å².